The van der Waals surface area contributed by atoms with Crippen LogP contribution in [0.1, 0.15) is 48.1 Å². The number of benzene rings is 1. The number of pyridine rings is 1. The van der Waals surface area contributed by atoms with Crippen molar-refractivity contribution in [1.29, 1.82) is 0 Å². The molecule has 4 rings (SSSR count). The minimum absolute atomic E-state index is 0.148. The molecule has 1 fully saturated rings. The Kier molecular flexibility index (Phi) is 7.64. The van der Waals surface area contributed by atoms with Crippen molar-refractivity contribution in [2.24, 2.45) is 5.92 Å². The van der Waals surface area contributed by atoms with E-state index < -0.39 is 12.1 Å². The predicted molar refractivity (Wildman–Crippen MR) is 127 cm³/mol. The Morgan fingerprint density at radius 1 is 1.20 bits per heavy atom. The first-order valence-electron chi connectivity index (χ1n) is 11.7. The summed E-state index contributed by atoms with van der Waals surface area (Å²) < 4.78 is 16.9. The van der Waals surface area contributed by atoms with Gasteiger partial charge in [-0.25, -0.2) is 9.78 Å². The van der Waals surface area contributed by atoms with Crippen molar-refractivity contribution in [2.45, 2.75) is 58.8 Å². The van der Waals surface area contributed by atoms with E-state index in [1.807, 2.05) is 43.3 Å². The first-order chi connectivity index (χ1) is 16.9. The second kappa shape index (κ2) is 11.0. The zero-order valence-corrected chi connectivity index (χ0v) is 19.8. The fourth-order valence-corrected chi connectivity index (χ4v) is 4.18. The minimum Gasteiger partial charge on any atom is -0.489 e. The van der Waals surface area contributed by atoms with Gasteiger partial charge in [-0.2, -0.15) is 0 Å². The summed E-state index contributed by atoms with van der Waals surface area (Å²) in [5.74, 6) is -0.0588. The van der Waals surface area contributed by atoms with Crippen molar-refractivity contribution >= 4 is 12.1 Å². The quantitative estimate of drug-likeness (QED) is 0.472. The smallest absolute Gasteiger partial charge is 0.407 e. The van der Waals surface area contributed by atoms with E-state index in [-0.39, 0.29) is 25.2 Å². The zero-order valence-electron chi connectivity index (χ0n) is 19.8. The van der Waals surface area contributed by atoms with Crippen molar-refractivity contribution in [3.05, 3.63) is 65.0 Å². The van der Waals surface area contributed by atoms with Crippen LogP contribution < -0.4 is 10.1 Å². The Morgan fingerprint density at radius 2 is 2.00 bits per heavy atom. The first kappa shape index (κ1) is 24.3. The van der Waals surface area contributed by atoms with Gasteiger partial charge in [0, 0.05) is 5.56 Å². The number of rotatable bonds is 8. The molecule has 9 nitrogen and oxygen atoms in total. The molecule has 0 bridgehead atoms. The third-order valence-electron chi connectivity index (χ3n) is 6.17. The topological polar surface area (TPSA) is 124 Å². The molecule has 2 N–H and O–H groups in total. The molecule has 0 spiro atoms. The number of carbonyl (C=O) groups is 2. The minimum atomic E-state index is -0.769. The average molecular weight is 480 g/mol. The highest BCUT2D eigenvalue weighted by atomic mass is 16.5. The van der Waals surface area contributed by atoms with Gasteiger partial charge in [0.05, 0.1) is 30.5 Å². The number of carbonyl (C=O) groups excluding carboxylic acids is 1. The van der Waals surface area contributed by atoms with E-state index in [4.69, 9.17) is 14.0 Å². The summed E-state index contributed by atoms with van der Waals surface area (Å²) in [6, 6.07) is 11.3. The number of hydrogen-bond acceptors (Lipinski definition) is 7. The van der Waals surface area contributed by atoms with E-state index in [9.17, 15) is 14.7 Å². The van der Waals surface area contributed by atoms with Crippen LogP contribution in [0, 0.1) is 19.8 Å². The molecule has 2 heterocycles. The van der Waals surface area contributed by atoms with Gasteiger partial charge in [-0.15, -0.1) is 0 Å². The molecule has 184 valence electrons. The summed E-state index contributed by atoms with van der Waals surface area (Å²) in [5, 5.41) is 16.1. The number of nitrogens with zero attached hydrogens (tertiary/aromatic N) is 2. The van der Waals surface area contributed by atoms with Crippen LogP contribution in [0.15, 0.2) is 47.1 Å². The van der Waals surface area contributed by atoms with Crippen LogP contribution in [-0.4, -0.2) is 33.4 Å². The maximum Gasteiger partial charge on any atom is 0.407 e. The van der Waals surface area contributed by atoms with Gasteiger partial charge in [0.2, 0.25) is 0 Å². The Labute approximate surface area is 203 Å². The molecular weight excluding hydrogens is 450 g/mol. The number of ether oxygens (including phenoxy) is 2. The fourth-order valence-electron chi connectivity index (χ4n) is 4.18. The number of hydrogen-bond donors (Lipinski definition) is 2. The van der Waals surface area contributed by atoms with E-state index in [0.29, 0.717) is 41.3 Å². The fraction of sp³-hybridized carbons (Fsp3) is 0.385. The molecule has 0 saturated heterocycles. The molecule has 1 saturated carbocycles. The van der Waals surface area contributed by atoms with Gasteiger partial charge in [0.1, 0.15) is 18.1 Å². The summed E-state index contributed by atoms with van der Waals surface area (Å²) in [5.41, 5.74) is 3.67. The van der Waals surface area contributed by atoms with Crippen LogP contribution >= 0.6 is 0 Å². The standard InChI is InChI=1S/C26H29N3O6/c1-16-11-22(27-14-23(16)34-20-10-6-9-19(12-20)25(30)31)24-21(17(2)29-35-24)13-28-26(32)33-15-18-7-4-3-5-8-18/h3-5,7-8,11,14,19-20H,6,9-10,12-13,15H2,1-2H3,(H,28,32)(H,30,31)/t19-,20-/m0/s1. The van der Waals surface area contributed by atoms with E-state index in [1.54, 1.807) is 13.1 Å². The van der Waals surface area contributed by atoms with Crippen LogP contribution in [-0.2, 0) is 22.7 Å². The van der Waals surface area contributed by atoms with Crippen molar-refractivity contribution in [2.75, 3.05) is 0 Å². The van der Waals surface area contributed by atoms with Gasteiger partial charge in [-0.05, 0) is 56.7 Å². The van der Waals surface area contributed by atoms with Crippen LogP contribution in [0.25, 0.3) is 11.5 Å². The Hall–Kier alpha value is -3.88. The normalized spacial score (nSPS) is 17.5. The molecule has 35 heavy (non-hydrogen) atoms. The number of alkyl carbamates (subject to hydrolysis) is 1. The second-order valence-corrected chi connectivity index (χ2v) is 8.77. The molecule has 9 heteroatoms. The summed E-state index contributed by atoms with van der Waals surface area (Å²) in [4.78, 5) is 28.0. The maximum atomic E-state index is 12.2. The highest BCUT2D eigenvalue weighted by Crippen LogP contribution is 2.32. The molecule has 2 atom stereocenters. The first-order valence-corrected chi connectivity index (χ1v) is 11.7. The zero-order chi connectivity index (χ0) is 24.8. The van der Waals surface area contributed by atoms with Crippen LogP contribution in [0.4, 0.5) is 4.79 Å². The van der Waals surface area contributed by atoms with Gasteiger partial charge >= 0.3 is 12.1 Å². The van der Waals surface area contributed by atoms with Crippen LogP contribution in [0.5, 0.6) is 5.75 Å². The lowest BCUT2D eigenvalue weighted by atomic mass is 9.87. The van der Waals surface area contributed by atoms with Crippen molar-refractivity contribution < 1.29 is 28.7 Å². The average Bonchev–Trinajstić information content (AvgIpc) is 3.23. The van der Waals surface area contributed by atoms with Crippen LogP contribution in [0.3, 0.4) is 0 Å². The van der Waals surface area contributed by atoms with Crippen LogP contribution in [0.2, 0.25) is 0 Å². The highest BCUT2D eigenvalue weighted by molar-refractivity contribution is 5.70. The maximum absolute atomic E-state index is 12.2. The number of aromatic nitrogens is 2. The SMILES string of the molecule is Cc1cc(-c2onc(C)c2CNC(=O)OCc2ccccc2)ncc1O[C@H]1CCC[C@H](C(=O)O)C1. The lowest BCUT2D eigenvalue weighted by Gasteiger charge is -2.27. The van der Waals surface area contributed by atoms with Gasteiger partial charge in [0.25, 0.3) is 0 Å². The Bertz CT molecular complexity index is 1180. The molecule has 0 radical (unpaired) electrons. The second-order valence-electron chi connectivity index (χ2n) is 8.77. The summed E-state index contributed by atoms with van der Waals surface area (Å²) in [6.07, 6.45) is 3.76. The highest BCUT2D eigenvalue weighted by Gasteiger charge is 2.28. The molecule has 1 aliphatic rings. The van der Waals surface area contributed by atoms with E-state index in [2.05, 4.69) is 15.5 Å². The third kappa shape index (κ3) is 6.17. The van der Waals surface area contributed by atoms with E-state index >= 15 is 0 Å². The molecular formula is C26H29N3O6. The number of carboxylic acid groups (broad SMARTS) is 1. The van der Waals surface area contributed by atoms with Crippen molar-refractivity contribution in [1.82, 2.24) is 15.5 Å². The monoisotopic (exact) mass is 479 g/mol. The van der Waals surface area contributed by atoms with Gasteiger partial charge in [-0.3, -0.25) is 4.79 Å². The molecule has 1 amide bonds. The number of aryl methyl sites for hydroxylation is 2. The van der Waals surface area contributed by atoms with Gasteiger partial charge in [-0.1, -0.05) is 35.5 Å². The summed E-state index contributed by atoms with van der Waals surface area (Å²) in [7, 11) is 0. The molecule has 1 aliphatic carbocycles. The Balaban J connectivity index is 1.39. The predicted octanol–water partition coefficient (Wildman–Crippen LogP) is 4.80. The van der Waals surface area contributed by atoms with Gasteiger partial charge in [0.15, 0.2) is 5.76 Å². The largest absolute Gasteiger partial charge is 0.489 e. The number of nitrogens with one attached hydrogen (secondary N) is 1. The van der Waals surface area contributed by atoms with E-state index in [1.165, 1.54) is 0 Å². The van der Waals surface area contributed by atoms with Crippen molar-refractivity contribution in [3.8, 4) is 17.2 Å². The number of aliphatic carboxylic acids is 1. The van der Waals surface area contributed by atoms with Gasteiger partial charge < -0.3 is 24.4 Å². The third-order valence-corrected chi connectivity index (χ3v) is 6.17. The lowest BCUT2D eigenvalue weighted by Crippen LogP contribution is -2.29. The number of amides is 1. The van der Waals surface area contributed by atoms with Crippen molar-refractivity contribution in [3.63, 3.8) is 0 Å². The molecule has 1 aromatic carbocycles. The molecule has 3 aromatic rings. The molecule has 2 aromatic heterocycles. The summed E-state index contributed by atoms with van der Waals surface area (Å²) in [6.45, 7) is 4.06. The Morgan fingerprint density at radius 3 is 2.74 bits per heavy atom. The summed E-state index contributed by atoms with van der Waals surface area (Å²) >= 11 is 0. The number of carboxylic acids is 1. The molecule has 0 unspecified atom stereocenters. The molecule has 0 aliphatic heterocycles. The lowest BCUT2D eigenvalue weighted by molar-refractivity contribution is -0.143. The van der Waals surface area contributed by atoms with E-state index in [0.717, 1.165) is 24.0 Å².